The minimum Gasteiger partial charge on any atom is -0.388 e. The van der Waals surface area contributed by atoms with E-state index in [9.17, 15) is 9.90 Å². The van der Waals surface area contributed by atoms with E-state index in [4.69, 9.17) is 4.74 Å². The Morgan fingerprint density at radius 1 is 1.42 bits per heavy atom. The van der Waals surface area contributed by atoms with Crippen molar-refractivity contribution in [1.82, 2.24) is 9.80 Å². The first-order valence-electron chi connectivity index (χ1n) is 7.21. The molecule has 0 saturated carbocycles. The molecule has 5 nitrogen and oxygen atoms in total. The molecule has 1 amide bonds. The Morgan fingerprint density at radius 3 is 2.63 bits per heavy atom. The fourth-order valence-electron chi connectivity index (χ4n) is 3.04. The van der Waals surface area contributed by atoms with Crippen LogP contribution in [0.4, 0.5) is 0 Å². The lowest BCUT2D eigenvalue weighted by molar-refractivity contribution is -0.136. The van der Waals surface area contributed by atoms with Crippen LogP contribution >= 0.6 is 0 Å². The predicted octanol–water partition coefficient (Wildman–Crippen LogP) is 0.328. The van der Waals surface area contributed by atoms with E-state index in [0.29, 0.717) is 44.8 Å². The summed E-state index contributed by atoms with van der Waals surface area (Å²) in [6, 6.07) is 0. The summed E-state index contributed by atoms with van der Waals surface area (Å²) >= 11 is 0. The maximum absolute atomic E-state index is 12.2. The zero-order chi connectivity index (χ0) is 13.9. The maximum atomic E-state index is 12.2. The summed E-state index contributed by atoms with van der Waals surface area (Å²) in [5.74, 6) is 0.623. The van der Waals surface area contributed by atoms with Gasteiger partial charge in [0.2, 0.25) is 5.91 Å². The van der Waals surface area contributed by atoms with Crippen LogP contribution in [0.1, 0.15) is 25.7 Å². The molecule has 0 bridgehead atoms. The summed E-state index contributed by atoms with van der Waals surface area (Å²) in [7, 11) is 3.94. The molecule has 0 unspecified atom stereocenters. The number of carbonyl (C=O) groups excluding carboxylic acids is 1. The summed E-state index contributed by atoms with van der Waals surface area (Å²) in [6.45, 7) is 3.55. The van der Waals surface area contributed by atoms with Crippen molar-refractivity contribution in [2.45, 2.75) is 31.3 Å². The van der Waals surface area contributed by atoms with E-state index in [1.807, 2.05) is 23.9 Å². The molecule has 0 aromatic rings. The van der Waals surface area contributed by atoms with Gasteiger partial charge in [-0.25, -0.2) is 0 Å². The molecule has 2 saturated heterocycles. The summed E-state index contributed by atoms with van der Waals surface area (Å²) in [4.78, 5) is 16.1. The predicted molar refractivity (Wildman–Crippen MR) is 72.9 cm³/mol. The molecule has 2 rings (SSSR count). The summed E-state index contributed by atoms with van der Waals surface area (Å²) < 4.78 is 5.31. The molecule has 1 N–H and O–H groups in total. The summed E-state index contributed by atoms with van der Waals surface area (Å²) in [5.41, 5.74) is -0.628. The van der Waals surface area contributed by atoms with E-state index < -0.39 is 5.60 Å². The molecule has 0 aromatic heterocycles. The number of likely N-dealkylation sites (N-methyl/N-ethyl adjacent to an activating group) is 1. The molecule has 0 aromatic carbocycles. The van der Waals surface area contributed by atoms with Gasteiger partial charge in [0.1, 0.15) is 0 Å². The van der Waals surface area contributed by atoms with Crippen molar-refractivity contribution in [2.24, 2.45) is 5.92 Å². The number of nitrogens with zero attached hydrogens (tertiary/aromatic N) is 2. The third-order valence-corrected chi connectivity index (χ3v) is 4.14. The molecule has 110 valence electrons. The highest BCUT2D eigenvalue weighted by molar-refractivity contribution is 5.76. The molecular formula is C14H26N2O3. The van der Waals surface area contributed by atoms with E-state index >= 15 is 0 Å². The Bertz CT molecular complexity index is 306. The van der Waals surface area contributed by atoms with Crippen LogP contribution in [-0.4, -0.2) is 73.4 Å². The second-order valence-corrected chi connectivity index (χ2v) is 6.28. The lowest BCUT2D eigenvalue weighted by atomic mass is 9.90. The van der Waals surface area contributed by atoms with Crippen LogP contribution in [0.3, 0.4) is 0 Å². The van der Waals surface area contributed by atoms with Crippen molar-refractivity contribution in [3.8, 4) is 0 Å². The van der Waals surface area contributed by atoms with Gasteiger partial charge in [-0.2, -0.15) is 0 Å². The monoisotopic (exact) mass is 270 g/mol. The molecule has 0 aliphatic carbocycles. The molecule has 0 spiro atoms. The number of hydrogen-bond donors (Lipinski definition) is 1. The Kier molecular flexibility index (Phi) is 4.81. The first kappa shape index (κ1) is 14.8. The van der Waals surface area contributed by atoms with Crippen molar-refractivity contribution in [3.63, 3.8) is 0 Å². The van der Waals surface area contributed by atoms with Crippen molar-refractivity contribution < 1.29 is 14.6 Å². The molecule has 1 atom stereocenters. The van der Waals surface area contributed by atoms with E-state index in [1.165, 1.54) is 0 Å². The van der Waals surface area contributed by atoms with Gasteiger partial charge >= 0.3 is 0 Å². The van der Waals surface area contributed by atoms with Gasteiger partial charge in [0.15, 0.2) is 0 Å². The first-order valence-corrected chi connectivity index (χ1v) is 7.21. The van der Waals surface area contributed by atoms with Gasteiger partial charge in [-0.3, -0.25) is 4.79 Å². The molecular weight excluding hydrogens is 244 g/mol. The van der Waals surface area contributed by atoms with Crippen LogP contribution in [0.2, 0.25) is 0 Å². The van der Waals surface area contributed by atoms with Crippen molar-refractivity contribution in [1.29, 1.82) is 0 Å². The van der Waals surface area contributed by atoms with Crippen molar-refractivity contribution in [2.75, 3.05) is 46.9 Å². The quantitative estimate of drug-likeness (QED) is 0.800. The molecule has 2 fully saturated rings. The first-order chi connectivity index (χ1) is 8.98. The smallest absolute Gasteiger partial charge is 0.222 e. The number of rotatable bonds is 4. The van der Waals surface area contributed by atoms with Crippen molar-refractivity contribution in [3.05, 3.63) is 0 Å². The van der Waals surface area contributed by atoms with E-state index in [0.717, 1.165) is 19.6 Å². The van der Waals surface area contributed by atoms with Gasteiger partial charge in [-0.1, -0.05) is 0 Å². The average Bonchev–Trinajstić information content (AvgIpc) is 2.81. The highest BCUT2D eigenvalue weighted by Gasteiger charge is 2.34. The molecule has 2 aliphatic heterocycles. The zero-order valence-corrected chi connectivity index (χ0v) is 12.1. The Morgan fingerprint density at radius 2 is 2.11 bits per heavy atom. The standard InChI is InChI=1S/C14H26N2O3/c1-15(2)11-14(18)4-6-16(7-5-14)13(17)9-12-3-8-19-10-12/h12,18H,3-11H2,1-2H3/t12-/m1/s1. The van der Waals surface area contributed by atoms with Crippen LogP contribution < -0.4 is 0 Å². The van der Waals surface area contributed by atoms with Gasteiger partial charge in [0.05, 0.1) is 5.60 Å². The second kappa shape index (κ2) is 6.20. The molecule has 19 heavy (non-hydrogen) atoms. The molecule has 5 heteroatoms. The maximum Gasteiger partial charge on any atom is 0.222 e. The van der Waals surface area contributed by atoms with E-state index in [2.05, 4.69) is 0 Å². The largest absolute Gasteiger partial charge is 0.388 e. The van der Waals surface area contributed by atoms with Gasteiger partial charge < -0.3 is 19.6 Å². The number of hydrogen-bond acceptors (Lipinski definition) is 4. The SMILES string of the molecule is CN(C)CC1(O)CCN(C(=O)C[C@H]2CCOC2)CC1. The number of carbonyl (C=O) groups is 1. The van der Waals surface area contributed by atoms with Gasteiger partial charge in [0.25, 0.3) is 0 Å². The summed E-state index contributed by atoms with van der Waals surface area (Å²) in [6.07, 6.45) is 2.96. The Labute approximate surface area is 115 Å². The molecule has 0 radical (unpaired) electrons. The average molecular weight is 270 g/mol. The number of likely N-dealkylation sites (tertiary alicyclic amines) is 1. The van der Waals surface area contributed by atoms with E-state index in [-0.39, 0.29) is 5.91 Å². The fraction of sp³-hybridized carbons (Fsp3) is 0.929. The van der Waals surface area contributed by atoms with Crippen molar-refractivity contribution >= 4 is 5.91 Å². The molecule has 2 heterocycles. The number of aliphatic hydroxyl groups is 1. The van der Waals surface area contributed by atoms with Gasteiger partial charge in [-0.15, -0.1) is 0 Å². The lowest BCUT2D eigenvalue weighted by Gasteiger charge is -2.39. The van der Waals surface area contributed by atoms with E-state index in [1.54, 1.807) is 0 Å². The van der Waals surface area contributed by atoms with Crippen LogP contribution in [0.15, 0.2) is 0 Å². The Balaban J connectivity index is 1.77. The van der Waals surface area contributed by atoms with Gasteiger partial charge in [-0.05, 0) is 39.3 Å². The fourth-order valence-corrected chi connectivity index (χ4v) is 3.04. The normalized spacial score (nSPS) is 26.9. The third-order valence-electron chi connectivity index (χ3n) is 4.14. The van der Waals surface area contributed by atoms with Gasteiger partial charge in [0, 0.05) is 39.3 Å². The second-order valence-electron chi connectivity index (χ2n) is 6.28. The Hall–Kier alpha value is -0.650. The van der Waals surface area contributed by atoms with Crippen LogP contribution in [0.25, 0.3) is 0 Å². The highest BCUT2D eigenvalue weighted by atomic mass is 16.5. The number of ether oxygens (including phenoxy) is 1. The number of amides is 1. The highest BCUT2D eigenvalue weighted by Crippen LogP contribution is 2.25. The zero-order valence-electron chi connectivity index (χ0n) is 12.1. The van der Waals surface area contributed by atoms with Crippen LogP contribution in [0.5, 0.6) is 0 Å². The topological polar surface area (TPSA) is 53.0 Å². The number of piperidine rings is 1. The third kappa shape index (κ3) is 4.16. The lowest BCUT2D eigenvalue weighted by Crippen LogP contribution is -2.51. The minimum atomic E-state index is -0.628. The van der Waals surface area contributed by atoms with Crippen LogP contribution in [-0.2, 0) is 9.53 Å². The van der Waals surface area contributed by atoms with Crippen LogP contribution in [0, 0.1) is 5.92 Å². The summed E-state index contributed by atoms with van der Waals surface area (Å²) in [5, 5.41) is 10.4. The minimum absolute atomic E-state index is 0.224. The molecule has 2 aliphatic rings.